The second kappa shape index (κ2) is 6.85. The lowest BCUT2D eigenvalue weighted by atomic mass is 10.1. The van der Waals surface area contributed by atoms with Crippen molar-refractivity contribution in [2.45, 2.75) is 6.42 Å². The molecular formula is C11H13ClFNO2. The summed E-state index contributed by atoms with van der Waals surface area (Å²) >= 11 is 0. The lowest BCUT2D eigenvalue weighted by Gasteiger charge is -2.03. The van der Waals surface area contributed by atoms with Gasteiger partial charge in [-0.3, -0.25) is 4.79 Å². The molecule has 0 fully saturated rings. The average Bonchev–Trinajstić information content (AvgIpc) is 2.26. The molecular weight excluding hydrogens is 233 g/mol. The van der Waals surface area contributed by atoms with E-state index in [1.807, 2.05) is 0 Å². The number of methoxy groups -OCH3 is 1. The minimum Gasteiger partial charge on any atom is -0.497 e. The number of rotatable bonds is 4. The summed E-state index contributed by atoms with van der Waals surface area (Å²) in [4.78, 5) is 10.7. The van der Waals surface area contributed by atoms with Gasteiger partial charge in [-0.05, 0) is 17.7 Å². The van der Waals surface area contributed by atoms with E-state index in [9.17, 15) is 9.18 Å². The Morgan fingerprint density at radius 3 is 2.38 bits per heavy atom. The van der Waals surface area contributed by atoms with Gasteiger partial charge in [-0.15, -0.1) is 12.4 Å². The molecule has 1 rings (SSSR count). The summed E-state index contributed by atoms with van der Waals surface area (Å²) in [6.07, 6.45) is 0.433. The van der Waals surface area contributed by atoms with E-state index in [0.717, 1.165) is 5.56 Å². The average molecular weight is 246 g/mol. The van der Waals surface area contributed by atoms with E-state index in [1.54, 1.807) is 31.4 Å². The Morgan fingerprint density at radius 2 is 2.00 bits per heavy atom. The van der Waals surface area contributed by atoms with E-state index in [2.05, 4.69) is 0 Å². The number of halogens is 2. The number of nitrogens with two attached hydrogens (primary N) is 1. The maximum absolute atomic E-state index is 12.3. The Hall–Kier alpha value is -1.55. The number of carbonyl (C=O) groups is 1. The molecule has 88 valence electrons. The first-order valence-electron chi connectivity index (χ1n) is 4.39. The van der Waals surface area contributed by atoms with Crippen LogP contribution in [0.4, 0.5) is 4.39 Å². The lowest BCUT2D eigenvalue weighted by molar-refractivity contribution is -0.114. The van der Waals surface area contributed by atoms with Crippen LogP contribution in [-0.2, 0) is 11.2 Å². The van der Waals surface area contributed by atoms with Crippen LogP contribution in [0.3, 0.4) is 0 Å². The van der Waals surface area contributed by atoms with Gasteiger partial charge in [0.2, 0.25) is 5.91 Å². The first kappa shape index (κ1) is 14.5. The van der Waals surface area contributed by atoms with Crippen molar-refractivity contribution < 1.29 is 13.9 Å². The Bertz CT molecular complexity index is 376. The van der Waals surface area contributed by atoms with Crippen LogP contribution in [0.15, 0.2) is 36.2 Å². The van der Waals surface area contributed by atoms with E-state index >= 15 is 0 Å². The van der Waals surface area contributed by atoms with Gasteiger partial charge in [0.25, 0.3) is 0 Å². The molecule has 0 spiro atoms. The zero-order valence-electron chi connectivity index (χ0n) is 8.77. The fourth-order valence-electron chi connectivity index (χ4n) is 1.14. The quantitative estimate of drug-likeness (QED) is 0.825. The molecule has 1 aromatic rings. The molecule has 0 heterocycles. The van der Waals surface area contributed by atoms with Gasteiger partial charge in [-0.2, -0.15) is 0 Å². The Balaban J connectivity index is 0.00000225. The Morgan fingerprint density at radius 1 is 1.44 bits per heavy atom. The van der Waals surface area contributed by atoms with Crippen molar-refractivity contribution in [1.29, 1.82) is 0 Å². The Kier molecular flexibility index (Phi) is 6.18. The smallest absolute Gasteiger partial charge is 0.247 e. The molecule has 0 aromatic heterocycles. The summed E-state index contributed by atoms with van der Waals surface area (Å²) in [7, 11) is 1.56. The lowest BCUT2D eigenvalue weighted by Crippen LogP contribution is -2.15. The summed E-state index contributed by atoms with van der Waals surface area (Å²) < 4.78 is 17.2. The number of carbonyl (C=O) groups excluding carboxylic acids is 1. The molecule has 0 atom stereocenters. The van der Waals surface area contributed by atoms with E-state index in [0.29, 0.717) is 5.75 Å². The molecule has 0 aliphatic carbocycles. The molecule has 3 nitrogen and oxygen atoms in total. The first-order valence-corrected chi connectivity index (χ1v) is 4.39. The third kappa shape index (κ3) is 3.90. The number of ether oxygens (including phenoxy) is 1. The van der Waals surface area contributed by atoms with Crippen LogP contribution in [0.25, 0.3) is 0 Å². The molecule has 1 aromatic carbocycles. The highest BCUT2D eigenvalue weighted by atomic mass is 35.5. The summed E-state index contributed by atoms with van der Waals surface area (Å²) in [6, 6.07) is 6.99. The molecule has 1 amide bonds. The third-order valence-corrected chi connectivity index (χ3v) is 2.00. The Labute approximate surface area is 99.5 Å². The fourth-order valence-corrected chi connectivity index (χ4v) is 1.14. The van der Waals surface area contributed by atoms with Gasteiger partial charge in [-0.25, -0.2) is 4.39 Å². The number of primary amides is 1. The van der Waals surface area contributed by atoms with Crippen LogP contribution < -0.4 is 10.5 Å². The summed E-state index contributed by atoms with van der Waals surface area (Å²) in [5, 5.41) is 0. The predicted octanol–water partition coefficient (Wildman–Crippen LogP) is 2.00. The van der Waals surface area contributed by atoms with Gasteiger partial charge < -0.3 is 10.5 Å². The number of amides is 1. The minimum atomic E-state index is -0.742. The van der Waals surface area contributed by atoms with Gasteiger partial charge in [-0.1, -0.05) is 12.1 Å². The molecule has 0 saturated heterocycles. The normalized spacial score (nSPS) is 10.5. The zero-order valence-corrected chi connectivity index (χ0v) is 9.59. The maximum Gasteiger partial charge on any atom is 0.247 e. The highest BCUT2D eigenvalue weighted by Crippen LogP contribution is 2.14. The van der Waals surface area contributed by atoms with Crippen molar-refractivity contribution in [1.82, 2.24) is 0 Å². The monoisotopic (exact) mass is 245 g/mol. The molecule has 16 heavy (non-hydrogen) atoms. The van der Waals surface area contributed by atoms with Crippen LogP contribution in [0, 0.1) is 0 Å². The zero-order chi connectivity index (χ0) is 11.3. The molecule has 5 heteroatoms. The highest BCUT2D eigenvalue weighted by Gasteiger charge is 2.06. The van der Waals surface area contributed by atoms with Gasteiger partial charge >= 0.3 is 0 Å². The van der Waals surface area contributed by atoms with Crippen molar-refractivity contribution in [2.75, 3.05) is 7.11 Å². The third-order valence-electron chi connectivity index (χ3n) is 2.00. The fraction of sp³-hybridized carbons (Fsp3) is 0.182. The summed E-state index contributed by atoms with van der Waals surface area (Å²) in [5.74, 6) is -0.0306. The van der Waals surface area contributed by atoms with E-state index in [-0.39, 0.29) is 30.7 Å². The van der Waals surface area contributed by atoms with Crippen molar-refractivity contribution in [3.05, 3.63) is 41.7 Å². The molecule has 0 saturated carbocycles. The van der Waals surface area contributed by atoms with Crippen LogP contribution in [0.5, 0.6) is 5.75 Å². The molecule has 2 N–H and O–H groups in total. The molecule has 0 unspecified atom stereocenters. The van der Waals surface area contributed by atoms with E-state index in [4.69, 9.17) is 10.5 Å². The number of hydrogen-bond donors (Lipinski definition) is 1. The standard InChI is InChI=1S/C11H12FNO2.ClH/c1-15-10-4-2-8(3-5-10)6-9(7-12)11(13)14;/h2-5,7H,6H2,1H3,(H2,13,14);1H/b9-7-;. The second-order valence-corrected chi connectivity index (χ2v) is 3.02. The van der Waals surface area contributed by atoms with Crippen molar-refractivity contribution in [3.63, 3.8) is 0 Å². The minimum absolute atomic E-state index is 0. The van der Waals surface area contributed by atoms with Gasteiger partial charge in [0.05, 0.1) is 13.4 Å². The molecule has 0 aliphatic heterocycles. The van der Waals surface area contributed by atoms with Gasteiger partial charge in [0, 0.05) is 12.0 Å². The van der Waals surface area contributed by atoms with E-state index in [1.165, 1.54) is 0 Å². The van der Waals surface area contributed by atoms with Gasteiger partial charge in [0.15, 0.2) is 0 Å². The first-order chi connectivity index (χ1) is 7.17. The molecule has 0 radical (unpaired) electrons. The summed E-state index contributed by atoms with van der Waals surface area (Å²) in [6.45, 7) is 0. The molecule has 0 aliphatic rings. The van der Waals surface area contributed by atoms with Gasteiger partial charge in [0.1, 0.15) is 5.75 Å². The van der Waals surface area contributed by atoms with Crippen molar-refractivity contribution in [3.8, 4) is 5.75 Å². The van der Waals surface area contributed by atoms with Crippen molar-refractivity contribution in [2.24, 2.45) is 5.73 Å². The van der Waals surface area contributed by atoms with Crippen molar-refractivity contribution >= 4 is 18.3 Å². The predicted molar refractivity (Wildman–Crippen MR) is 62.3 cm³/mol. The topological polar surface area (TPSA) is 52.3 Å². The second-order valence-electron chi connectivity index (χ2n) is 3.02. The maximum atomic E-state index is 12.3. The number of hydrogen-bond acceptors (Lipinski definition) is 2. The van der Waals surface area contributed by atoms with E-state index < -0.39 is 5.91 Å². The molecule has 0 bridgehead atoms. The van der Waals surface area contributed by atoms with Crippen LogP contribution in [0.1, 0.15) is 5.56 Å². The SMILES string of the molecule is COc1ccc(C/C(=C/F)C(N)=O)cc1.Cl. The summed E-state index contributed by atoms with van der Waals surface area (Å²) in [5.41, 5.74) is 5.74. The van der Waals surface area contributed by atoms with Crippen LogP contribution >= 0.6 is 12.4 Å². The largest absolute Gasteiger partial charge is 0.497 e. The van der Waals surface area contributed by atoms with Crippen LogP contribution in [0.2, 0.25) is 0 Å². The highest BCUT2D eigenvalue weighted by molar-refractivity contribution is 5.92. The van der Waals surface area contributed by atoms with Crippen LogP contribution in [-0.4, -0.2) is 13.0 Å². The number of benzene rings is 1.